The van der Waals surface area contributed by atoms with Crippen LogP contribution in [0, 0.1) is 0 Å². The van der Waals surface area contributed by atoms with Gasteiger partial charge < -0.3 is 70.1 Å². The number of hydrogen-bond donors (Lipinski definition) is 8. The highest BCUT2D eigenvalue weighted by atomic mass is 16.7. The SMILES string of the molecule is COc1ccc2cc(COC3C(O)C(CO)OC(OC4C(CO)OC(Oc5ccc(CC([C]=O)NC(=O)C(N)C(C)c6ccccc6)cc5)C(O)C4O)C3O)ccc2c1. The molecule has 2 fully saturated rings. The predicted octanol–water partition coefficient (Wildman–Crippen LogP) is 0.344. The van der Waals surface area contributed by atoms with Crippen molar-refractivity contribution in [2.45, 2.75) is 99.4 Å². The van der Waals surface area contributed by atoms with Crippen LogP contribution in [0.5, 0.6) is 11.5 Å². The lowest BCUT2D eigenvalue weighted by Crippen LogP contribution is -2.65. The number of nitrogens with two attached hydrogens (primary N) is 1. The van der Waals surface area contributed by atoms with E-state index < -0.39 is 92.6 Å². The monoisotopic (exact) mass is 819 g/mol. The van der Waals surface area contributed by atoms with Crippen molar-refractivity contribution in [2.24, 2.45) is 5.73 Å². The number of nitrogens with one attached hydrogen (secondary N) is 1. The summed E-state index contributed by atoms with van der Waals surface area (Å²) in [6.07, 6.45) is -13.1. The van der Waals surface area contributed by atoms with Gasteiger partial charge in [-0.2, -0.15) is 0 Å². The summed E-state index contributed by atoms with van der Waals surface area (Å²) in [6, 6.07) is 24.9. The normalized spacial score (nSPS) is 28.6. The van der Waals surface area contributed by atoms with Crippen molar-refractivity contribution in [3.05, 3.63) is 108 Å². The van der Waals surface area contributed by atoms with Gasteiger partial charge >= 0.3 is 0 Å². The molecule has 1 amide bonds. The van der Waals surface area contributed by atoms with Crippen molar-refractivity contribution in [3.8, 4) is 11.5 Å². The van der Waals surface area contributed by atoms with Gasteiger partial charge in [0.15, 0.2) is 6.29 Å². The van der Waals surface area contributed by atoms with Crippen LogP contribution < -0.4 is 20.5 Å². The van der Waals surface area contributed by atoms with Gasteiger partial charge in [-0.1, -0.05) is 67.6 Å². The molecule has 4 aromatic rings. The molecule has 13 unspecified atom stereocenters. The number of amides is 1. The van der Waals surface area contributed by atoms with Crippen LogP contribution in [0.15, 0.2) is 91.0 Å². The average Bonchev–Trinajstić information content (AvgIpc) is 3.26. The molecule has 0 saturated carbocycles. The van der Waals surface area contributed by atoms with Crippen molar-refractivity contribution in [3.63, 3.8) is 0 Å². The maximum atomic E-state index is 12.9. The van der Waals surface area contributed by atoms with Gasteiger partial charge in [0.2, 0.25) is 18.5 Å². The van der Waals surface area contributed by atoms with Gasteiger partial charge in [0.1, 0.15) is 60.3 Å². The molecule has 59 heavy (non-hydrogen) atoms. The number of ether oxygens (including phenoxy) is 6. The molecular formula is C43H51N2O14. The summed E-state index contributed by atoms with van der Waals surface area (Å²) >= 11 is 0. The van der Waals surface area contributed by atoms with E-state index in [1.165, 1.54) is 12.1 Å². The molecule has 16 heteroatoms. The number of rotatable bonds is 17. The number of carbonyl (C=O) groups excluding carboxylic acids is 2. The van der Waals surface area contributed by atoms with E-state index in [-0.39, 0.29) is 24.7 Å². The predicted molar refractivity (Wildman–Crippen MR) is 211 cm³/mol. The maximum Gasteiger partial charge on any atom is 0.238 e. The Labute approximate surface area is 341 Å². The first-order valence-corrected chi connectivity index (χ1v) is 19.3. The average molecular weight is 820 g/mol. The maximum absolute atomic E-state index is 12.9. The van der Waals surface area contributed by atoms with E-state index in [1.54, 1.807) is 19.2 Å². The third-order valence-corrected chi connectivity index (χ3v) is 10.7. The fourth-order valence-electron chi connectivity index (χ4n) is 7.17. The highest BCUT2D eigenvalue weighted by molar-refractivity contribution is 5.85. The highest BCUT2D eigenvalue weighted by Gasteiger charge is 2.51. The van der Waals surface area contributed by atoms with Gasteiger partial charge in [-0.3, -0.25) is 9.59 Å². The van der Waals surface area contributed by atoms with Crippen molar-refractivity contribution in [2.75, 3.05) is 20.3 Å². The van der Waals surface area contributed by atoms with Crippen molar-refractivity contribution in [1.82, 2.24) is 5.32 Å². The van der Waals surface area contributed by atoms with Gasteiger partial charge in [-0.15, -0.1) is 0 Å². The number of aliphatic hydroxyl groups excluding tert-OH is 6. The molecule has 317 valence electrons. The molecule has 0 bridgehead atoms. The zero-order chi connectivity index (χ0) is 42.2. The lowest BCUT2D eigenvalue weighted by atomic mass is 9.93. The number of fused-ring (bicyclic) bond motifs is 1. The third-order valence-electron chi connectivity index (χ3n) is 10.7. The molecule has 0 aliphatic carbocycles. The van der Waals surface area contributed by atoms with Crippen LogP contribution in [0.25, 0.3) is 10.8 Å². The standard InChI is InChI=1S/C43H51N2O14/c1-23(26-6-4-3-5-7-26)34(44)41(53)45-29(19-46)17-24-9-13-30(14-10-24)56-42-37(51)36(50)39(33(21-48)58-42)59-43-38(52)40(35(49)32(20-47)57-43)55-22-25-8-11-28-18-31(54-2)15-12-27(28)16-25/h3-16,18,23,29,32-40,42-43,47-52H,17,20-22,44H2,1-2H3,(H,45,53). The van der Waals surface area contributed by atoms with E-state index in [0.717, 1.165) is 21.9 Å². The second-order valence-electron chi connectivity index (χ2n) is 14.7. The summed E-state index contributed by atoms with van der Waals surface area (Å²) in [6.45, 7) is 0.418. The minimum Gasteiger partial charge on any atom is -0.497 e. The first-order valence-electron chi connectivity index (χ1n) is 19.3. The Morgan fingerprint density at radius 2 is 1.42 bits per heavy atom. The first-order chi connectivity index (χ1) is 28.4. The Hall–Kier alpha value is -4.56. The van der Waals surface area contributed by atoms with E-state index in [0.29, 0.717) is 11.3 Å². The van der Waals surface area contributed by atoms with Crippen molar-refractivity contribution < 1.29 is 68.6 Å². The zero-order valence-electron chi connectivity index (χ0n) is 32.5. The van der Waals surface area contributed by atoms with Crippen LogP contribution in [-0.4, -0.2) is 137 Å². The van der Waals surface area contributed by atoms with Crippen LogP contribution in [0.1, 0.15) is 29.5 Å². The molecule has 0 aromatic heterocycles. The lowest BCUT2D eigenvalue weighted by Gasteiger charge is -2.46. The van der Waals surface area contributed by atoms with Gasteiger partial charge in [0.25, 0.3) is 0 Å². The van der Waals surface area contributed by atoms with Crippen molar-refractivity contribution in [1.29, 1.82) is 0 Å². The summed E-state index contributed by atoms with van der Waals surface area (Å²) in [5.74, 6) is 0.108. The number of methoxy groups -OCH3 is 1. The van der Waals surface area contributed by atoms with E-state index in [1.807, 2.05) is 79.9 Å². The summed E-state index contributed by atoms with van der Waals surface area (Å²) in [7, 11) is 1.58. The molecule has 2 aliphatic rings. The first kappa shape index (κ1) is 44.0. The Bertz CT molecular complexity index is 1970. The number of benzene rings is 4. The largest absolute Gasteiger partial charge is 0.497 e. The molecule has 2 aliphatic heterocycles. The molecule has 13 atom stereocenters. The summed E-state index contributed by atoms with van der Waals surface area (Å²) in [4.78, 5) is 24.6. The second kappa shape index (κ2) is 20.1. The zero-order valence-corrected chi connectivity index (χ0v) is 32.5. The Balaban J connectivity index is 1.04. The minimum atomic E-state index is -1.74. The third kappa shape index (κ3) is 10.4. The molecule has 2 heterocycles. The van der Waals surface area contributed by atoms with Crippen molar-refractivity contribution >= 4 is 23.0 Å². The number of hydrogen-bond acceptors (Lipinski definition) is 15. The van der Waals surface area contributed by atoms with Crippen LogP contribution in [0.3, 0.4) is 0 Å². The van der Waals surface area contributed by atoms with Gasteiger partial charge in [0.05, 0.1) is 39.0 Å². The van der Waals surface area contributed by atoms with Gasteiger partial charge in [0, 0.05) is 12.3 Å². The van der Waals surface area contributed by atoms with E-state index in [2.05, 4.69) is 5.32 Å². The van der Waals surface area contributed by atoms with Gasteiger partial charge in [-0.25, -0.2) is 0 Å². The molecule has 2 saturated heterocycles. The quantitative estimate of drug-likeness (QED) is 0.0716. The fraction of sp³-hybridized carbons (Fsp3) is 0.442. The van der Waals surface area contributed by atoms with Crippen LogP contribution >= 0.6 is 0 Å². The smallest absolute Gasteiger partial charge is 0.238 e. The second-order valence-corrected chi connectivity index (χ2v) is 14.7. The summed E-state index contributed by atoms with van der Waals surface area (Å²) in [5, 5.41) is 69.2. The Morgan fingerprint density at radius 1 is 0.780 bits per heavy atom. The molecule has 4 aromatic carbocycles. The lowest BCUT2D eigenvalue weighted by molar-refractivity contribution is -0.355. The fourth-order valence-corrected chi connectivity index (χ4v) is 7.17. The van der Waals surface area contributed by atoms with E-state index >= 15 is 0 Å². The number of aliphatic hydroxyl groups is 6. The number of carbonyl (C=O) groups is 1. The van der Waals surface area contributed by atoms with Crippen LogP contribution in [0.2, 0.25) is 0 Å². The molecular weight excluding hydrogens is 768 g/mol. The van der Waals surface area contributed by atoms with E-state index in [9.17, 15) is 40.2 Å². The van der Waals surface area contributed by atoms with Crippen LogP contribution in [-0.2, 0) is 41.6 Å². The molecule has 16 nitrogen and oxygen atoms in total. The molecule has 0 spiro atoms. The summed E-state index contributed by atoms with van der Waals surface area (Å²) < 4.78 is 34.4. The molecule has 6 rings (SSSR count). The molecule has 1 radical (unpaired) electrons. The Morgan fingerprint density at radius 3 is 2.10 bits per heavy atom. The van der Waals surface area contributed by atoms with Gasteiger partial charge in [-0.05, 0) is 57.8 Å². The van der Waals surface area contributed by atoms with E-state index in [4.69, 9.17) is 34.2 Å². The summed E-state index contributed by atoms with van der Waals surface area (Å²) in [5.41, 5.74) is 8.45. The van der Waals surface area contributed by atoms with Crippen LogP contribution in [0.4, 0.5) is 0 Å². The highest BCUT2D eigenvalue weighted by Crippen LogP contribution is 2.32. The minimum absolute atomic E-state index is 0.0331. The topological polar surface area (TPSA) is 249 Å². The molecule has 9 N–H and O–H groups in total. The Kier molecular flexibility index (Phi) is 15.0.